The van der Waals surface area contributed by atoms with E-state index in [-0.39, 0.29) is 5.41 Å². The summed E-state index contributed by atoms with van der Waals surface area (Å²) < 4.78 is 6.40. The predicted octanol–water partition coefficient (Wildman–Crippen LogP) is 10.6. The zero-order chi connectivity index (χ0) is 28.1. The first-order valence-corrected chi connectivity index (χ1v) is 14.5. The minimum Gasteiger partial charge on any atom is -0.455 e. The molecule has 0 aromatic heterocycles. The van der Waals surface area contributed by atoms with Crippen LogP contribution in [0.15, 0.2) is 138 Å². The van der Waals surface area contributed by atoms with E-state index in [4.69, 9.17) is 4.74 Å². The maximum absolute atomic E-state index is 6.40. The smallest absolute Gasteiger partial charge is 0.154 e. The van der Waals surface area contributed by atoms with Gasteiger partial charge in [0.25, 0.3) is 0 Å². The summed E-state index contributed by atoms with van der Waals surface area (Å²) in [5.74, 6) is 1.46. The highest BCUT2D eigenvalue weighted by atomic mass is 16.5. The maximum atomic E-state index is 6.40. The highest BCUT2D eigenvalue weighted by Crippen LogP contribution is 2.50. The van der Waals surface area contributed by atoms with Crippen LogP contribution >= 0.6 is 0 Å². The summed E-state index contributed by atoms with van der Waals surface area (Å²) in [6, 6.07) is 10.7. The van der Waals surface area contributed by atoms with Crippen molar-refractivity contribution in [2.45, 2.75) is 59.3 Å². The van der Waals surface area contributed by atoms with E-state index in [9.17, 15) is 0 Å². The molecule has 1 unspecified atom stereocenters. The first kappa shape index (κ1) is 27.5. The Morgan fingerprint density at radius 2 is 1.93 bits per heavy atom. The van der Waals surface area contributed by atoms with Crippen LogP contribution in [-0.2, 0) is 6.42 Å². The van der Waals surface area contributed by atoms with Crippen molar-refractivity contribution < 1.29 is 4.74 Å². The zero-order valence-corrected chi connectivity index (χ0v) is 24.2. The fourth-order valence-electron chi connectivity index (χ4n) is 6.01. The van der Waals surface area contributed by atoms with E-state index in [1.807, 2.05) is 12.2 Å². The Labute approximate surface area is 240 Å². The number of benzene rings is 2. The van der Waals surface area contributed by atoms with Gasteiger partial charge in [0.1, 0.15) is 5.76 Å². The van der Waals surface area contributed by atoms with Crippen LogP contribution in [0, 0.1) is 5.41 Å². The Bertz CT molecular complexity index is 1550. The molecule has 0 saturated carbocycles. The number of anilines is 1. The van der Waals surface area contributed by atoms with Gasteiger partial charge < -0.3 is 10.1 Å². The molecule has 204 valence electrons. The largest absolute Gasteiger partial charge is 0.455 e. The molecule has 1 atom stereocenters. The fraction of sp³-hybridized carbons (Fsp3) is 0.263. The topological polar surface area (TPSA) is 21.3 Å². The lowest BCUT2D eigenvalue weighted by Gasteiger charge is -2.30. The third-order valence-electron chi connectivity index (χ3n) is 8.31. The van der Waals surface area contributed by atoms with Gasteiger partial charge in [0, 0.05) is 16.7 Å². The second kappa shape index (κ2) is 12.0. The Morgan fingerprint density at radius 3 is 2.77 bits per heavy atom. The molecular formula is C38H41NO. The van der Waals surface area contributed by atoms with Gasteiger partial charge in [-0.05, 0) is 85.6 Å². The van der Waals surface area contributed by atoms with Gasteiger partial charge in [0.05, 0.1) is 5.69 Å². The van der Waals surface area contributed by atoms with Crippen molar-refractivity contribution in [2.75, 3.05) is 5.32 Å². The lowest BCUT2D eigenvalue weighted by Crippen LogP contribution is -2.19. The van der Waals surface area contributed by atoms with Crippen molar-refractivity contribution in [3.63, 3.8) is 0 Å². The zero-order valence-electron chi connectivity index (χ0n) is 24.2. The number of rotatable bonds is 4. The lowest BCUT2D eigenvalue weighted by atomic mass is 9.73. The van der Waals surface area contributed by atoms with Gasteiger partial charge >= 0.3 is 0 Å². The number of fused-ring (bicyclic) bond motifs is 4. The van der Waals surface area contributed by atoms with Crippen LogP contribution in [0.5, 0.6) is 5.75 Å². The molecule has 2 nitrogen and oxygen atoms in total. The van der Waals surface area contributed by atoms with Crippen LogP contribution in [-0.4, -0.2) is 0 Å². The van der Waals surface area contributed by atoms with Crippen LogP contribution in [0.2, 0.25) is 0 Å². The summed E-state index contributed by atoms with van der Waals surface area (Å²) in [5, 5.41) is 6.13. The molecule has 0 spiro atoms. The van der Waals surface area contributed by atoms with E-state index >= 15 is 0 Å². The van der Waals surface area contributed by atoms with Gasteiger partial charge in [-0.2, -0.15) is 0 Å². The summed E-state index contributed by atoms with van der Waals surface area (Å²) >= 11 is 0. The molecule has 3 aliphatic rings. The van der Waals surface area contributed by atoms with Crippen LogP contribution < -0.4 is 10.1 Å². The highest BCUT2D eigenvalue weighted by molar-refractivity contribution is 5.93. The molecule has 0 fully saturated rings. The molecule has 0 saturated heterocycles. The van der Waals surface area contributed by atoms with Crippen molar-refractivity contribution >= 4 is 16.5 Å². The molecule has 1 aliphatic heterocycles. The normalized spacial score (nSPS) is 27.2. The second-order valence-electron chi connectivity index (χ2n) is 11.3. The van der Waals surface area contributed by atoms with Crippen molar-refractivity contribution in [2.24, 2.45) is 5.41 Å². The van der Waals surface area contributed by atoms with Crippen LogP contribution in [0.4, 0.5) is 5.69 Å². The van der Waals surface area contributed by atoms with Gasteiger partial charge in [0.15, 0.2) is 5.75 Å². The number of ether oxygens (including phenoxy) is 1. The second-order valence-corrected chi connectivity index (χ2v) is 11.3. The molecule has 1 heterocycles. The third-order valence-corrected chi connectivity index (χ3v) is 8.31. The van der Waals surface area contributed by atoms with Gasteiger partial charge in [-0.1, -0.05) is 111 Å². The number of hydrogen-bond acceptors (Lipinski definition) is 2. The van der Waals surface area contributed by atoms with Gasteiger partial charge in [0.2, 0.25) is 0 Å². The monoisotopic (exact) mass is 527 g/mol. The molecule has 2 aromatic rings. The van der Waals surface area contributed by atoms with Crippen LogP contribution in [0.25, 0.3) is 10.8 Å². The number of nitrogens with one attached hydrogen (secondary N) is 1. The Morgan fingerprint density at radius 1 is 1.07 bits per heavy atom. The van der Waals surface area contributed by atoms with Crippen molar-refractivity contribution in [3.05, 3.63) is 144 Å². The quantitative estimate of drug-likeness (QED) is 0.399. The van der Waals surface area contributed by atoms with E-state index in [0.717, 1.165) is 61.2 Å². The number of hydrogen-bond donors (Lipinski definition) is 1. The van der Waals surface area contributed by atoms with Crippen LogP contribution in [0.3, 0.4) is 0 Å². The highest BCUT2D eigenvalue weighted by Gasteiger charge is 2.36. The van der Waals surface area contributed by atoms with Crippen molar-refractivity contribution in [1.29, 1.82) is 0 Å². The van der Waals surface area contributed by atoms with E-state index in [2.05, 4.69) is 118 Å². The first-order valence-electron chi connectivity index (χ1n) is 14.5. The lowest BCUT2D eigenvalue weighted by molar-refractivity contribution is 0.445. The van der Waals surface area contributed by atoms with E-state index in [1.165, 1.54) is 33.1 Å². The van der Waals surface area contributed by atoms with Crippen LogP contribution in [0.1, 0.15) is 58.4 Å². The summed E-state index contributed by atoms with van der Waals surface area (Å²) in [6.07, 6.45) is 27.6. The van der Waals surface area contributed by atoms with Crippen molar-refractivity contribution in [3.8, 4) is 5.75 Å². The summed E-state index contributed by atoms with van der Waals surface area (Å²) in [5.41, 5.74) is 8.68. The van der Waals surface area contributed by atoms with Gasteiger partial charge in [-0.15, -0.1) is 0 Å². The van der Waals surface area contributed by atoms with Crippen molar-refractivity contribution in [1.82, 2.24) is 0 Å². The van der Waals surface area contributed by atoms with E-state index in [0.29, 0.717) is 5.76 Å². The molecular weight excluding hydrogens is 486 g/mol. The first-order chi connectivity index (χ1) is 19.4. The summed E-state index contributed by atoms with van der Waals surface area (Å²) in [6.45, 7) is 15.6. The average molecular weight is 528 g/mol. The number of allylic oxidation sites excluding steroid dienone is 14. The summed E-state index contributed by atoms with van der Waals surface area (Å²) in [7, 11) is 0. The van der Waals surface area contributed by atoms with E-state index in [1.54, 1.807) is 0 Å². The predicted molar refractivity (Wildman–Crippen MR) is 172 cm³/mol. The molecule has 2 aliphatic carbocycles. The minimum atomic E-state index is -0.0561. The SMILES string of the molecule is C=C1/C=C\C=C/Cc2c(c(NC3=C/CC(=C)C4(C)CC(C=CCC)=C/C4=C(\C)CC/C=C\3)cc3ccccc23)O1. The fourth-order valence-corrected chi connectivity index (χ4v) is 6.01. The average Bonchev–Trinajstić information content (AvgIpc) is 3.33. The Balaban J connectivity index is 1.52. The minimum absolute atomic E-state index is 0.0561. The Hall–Kier alpha value is -4.04. The summed E-state index contributed by atoms with van der Waals surface area (Å²) in [4.78, 5) is 0. The van der Waals surface area contributed by atoms with E-state index < -0.39 is 0 Å². The standard InChI is InChI=1S/C38H41NO/c1-6-7-17-30-24-35-27(2)15-11-13-19-32(23-22-28(3)38(35,5)26-30)39-36-25-31-18-12-14-20-33(31)34-21-10-8-9-16-29(4)40-37(34)36/h7-10,12-14,16-20,23-25,39H,3-4,6,11,15,21-22,26H2,1-2,5H3/b10-8-,16-9-,17-7?,19-13-,32-23+,35-27-. The maximum Gasteiger partial charge on any atom is 0.154 e. The van der Waals surface area contributed by atoms with Gasteiger partial charge in [-0.25, -0.2) is 0 Å². The third kappa shape index (κ3) is 5.77. The molecule has 40 heavy (non-hydrogen) atoms. The molecule has 1 N–H and O–H groups in total. The molecule has 0 amide bonds. The molecule has 0 bridgehead atoms. The Kier molecular flexibility index (Phi) is 8.26. The van der Waals surface area contributed by atoms with Gasteiger partial charge in [-0.3, -0.25) is 0 Å². The molecule has 2 heteroatoms. The molecule has 5 rings (SSSR count). The molecule has 0 radical (unpaired) electrons. The molecule has 2 aromatic carbocycles.